The fraction of sp³-hybridized carbons (Fsp3) is 0.0476. The van der Waals surface area contributed by atoms with E-state index in [-0.39, 0.29) is 10.6 Å². The average molecular weight is 497 g/mol. The molecule has 6 nitrogen and oxygen atoms in total. The van der Waals surface area contributed by atoms with Crippen LogP contribution in [0.3, 0.4) is 0 Å². The number of rotatable bonds is 7. The summed E-state index contributed by atoms with van der Waals surface area (Å²) in [5.74, 6) is -0.634. The summed E-state index contributed by atoms with van der Waals surface area (Å²) >= 11 is 17.7. The van der Waals surface area contributed by atoms with Gasteiger partial charge in [0.2, 0.25) is 0 Å². The first-order valence-electron chi connectivity index (χ1n) is 8.88. The van der Waals surface area contributed by atoms with Crippen molar-refractivity contribution in [2.75, 3.05) is 10.8 Å². The number of hydrogen-bond acceptors (Lipinski definition) is 4. The molecule has 3 rings (SSSR count). The van der Waals surface area contributed by atoms with Crippen LogP contribution in [0.2, 0.25) is 15.1 Å². The highest BCUT2D eigenvalue weighted by atomic mass is 35.5. The van der Waals surface area contributed by atoms with E-state index in [9.17, 15) is 13.2 Å². The van der Waals surface area contributed by atoms with E-state index in [0.29, 0.717) is 20.6 Å². The summed E-state index contributed by atoms with van der Waals surface area (Å²) in [5, 5.41) is 5.04. The summed E-state index contributed by atoms with van der Waals surface area (Å²) < 4.78 is 27.3. The van der Waals surface area contributed by atoms with Gasteiger partial charge in [0.05, 0.1) is 26.8 Å². The minimum atomic E-state index is -4.00. The number of halogens is 3. The number of carbonyl (C=O) groups is 1. The van der Waals surface area contributed by atoms with E-state index < -0.39 is 22.5 Å². The summed E-state index contributed by atoms with van der Waals surface area (Å²) in [6.07, 6.45) is 1.37. The van der Waals surface area contributed by atoms with Gasteiger partial charge in [-0.2, -0.15) is 5.10 Å². The van der Waals surface area contributed by atoms with Crippen molar-refractivity contribution in [1.29, 1.82) is 0 Å². The first kappa shape index (κ1) is 23.1. The molecule has 0 saturated heterocycles. The zero-order valence-electron chi connectivity index (χ0n) is 15.9. The van der Waals surface area contributed by atoms with Gasteiger partial charge < -0.3 is 0 Å². The van der Waals surface area contributed by atoms with Crippen molar-refractivity contribution in [1.82, 2.24) is 5.43 Å². The van der Waals surface area contributed by atoms with Crippen LogP contribution in [-0.4, -0.2) is 27.1 Å². The Morgan fingerprint density at radius 1 is 0.935 bits per heavy atom. The van der Waals surface area contributed by atoms with Crippen molar-refractivity contribution in [3.05, 3.63) is 93.4 Å². The molecule has 0 radical (unpaired) electrons. The van der Waals surface area contributed by atoms with Crippen molar-refractivity contribution in [3.63, 3.8) is 0 Å². The molecule has 0 atom stereocenters. The molecule has 0 aromatic heterocycles. The third kappa shape index (κ3) is 5.98. The van der Waals surface area contributed by atoms with Crippen LogP contribution in [0.5, 0.6) is 0 Å². The zero-order chi connectivity index (χ0) is 22.4. The molecule has 0 unspecified atom stereocenters. The number of amides is 1. The van der Waals surface area contributed by atoms with Crippen LogP contribution in [0.25, 0.3) is 0 Å². The minimum Gasteiger partial charge on any atom is -0.271 e. The lowest BCUT2D eigenvalue weighted by Gasteiger charge is -2.23. The lowest BCUT2D eigenvalue weighted by atomic mass is 10.2. The van der Waals surface area contributed by atoms with Crippen molar-refractivity contribution in [2.45, 2.75) is 4.90 Å². The van der Waals surface area contributed by atoms with Gasteiger partial charge in [0.1, 0.15) is 6.54 Å². The minimum absolute atomic E-state index is 0.0528. The molecule has 0 heterocycles. The van der Waals surface area contributed by atoms with Gasteiger partial charge in [-0.3, -0.25) is 9.10 Å². The van der Waals surface area contributed by atoms with Crippen LogP contribution in [-0.2, 0) is 14.8 Å². The second-order valence-electron chi connectivity index (χ2n) is 6.27. The highest BCUT2D eigenvalue weighted by Gasteiger charge is 2.27. The third-order valence-electron chi connectivity index (χ3n) is 4.08. The molecule has 160 valence electrons. The van der Waals surface area contributed by atoms with Gasteiger partial charge in [-0.15, -0.1) is 0 Å². The maximum Gasteiger partial charge on any atom is 0.264 e. The molecule has 0 aliphatic carbocycles. The van der Waals surface area contributed by atoms with Crippen molar-refractivity contribution in [3.8, 4) is 0 Å². The van der Waals surface area contributed by atoms with Gasteiger partial charge in [-0.05, 0) is 54.1 Å². The Kier molecular flexibility index (Phi) is 7.56. The first-order valence-corrected chi connectivity index (χ1v) is 11.4. The molecule has 31 heavy (non-hydrogen) atoms. The highest BCUT2D eigenvalue weighted by Crippen LogP contribution is 2.25. The van der Waals surface area contributed by atoms with Crippen molar-refractivity contribution < 1.29 is 13.2 Å². The van der Waals surface area contributed by atoms with Gasteiger partial charge >= 0.3 is 0 Å². The molecular formula is C21H16Cl3N3O3S. The second-order valence-corrected chi connectivity index (χ2v) is 9.38. The van der Waals surface area contributed by atoms with Crippen LogP contribution in [0.1, 0.15) is 5.56 Å². The van der Waals surface area contributed by atoms with E-state index in [2.05, 4.69) is 10.5 Å². The molecular weight excluding hydrogens is 481 g/mol. The number of sulfonamides is 1. The van der Waals surface area contributed by atoms with E-state index in [4.69, 9.17) is 34.8 Å². The van der Waals surface area contributed by atoms with E-state index in [0.717, 1.165) is 4.31 Å². The summed E-state index contributed by atoms with van der Waals surface area (Å²) in [7, 11) is -4.00. The molecule has 3 aromatic rings. The summed E-state index contributed by atoms with van der Waals surface area (Å²) in [5.41, 5.74) is 3.22. The number of anilines is 1. The van der Waals surface area contributed by atoms with Crippen LogP contribution in [0.15, 0.2) is 82.8 Å². The fourth-order valence-electron chi connectivity index (χ4n) is 2.58. The topological polar surface area (TPSA) is 78.8 Å². The molecule has 0 aliphatic rings. The van der Waals surface area contributed by atoms with Gasteiger partial charge in [-0.25, -0.2) is 13.8 Å². The van der Waals surface area contributed by atoms with Crippen LogP contribution in [0, 0.1) is 0 Å². The van der Waals surface area contributed by atoms with Gasteiger partial charge in [0.25, 0.3) is 15.9 Å². The SMILES string of the molecule is O=C(CN(c1ccc(Cl)cc1)S(=O)(=O)c1ccccc1)N/N=C\c1ccc(Cl)c(Cl)c1. The maximum absolute atomic E-state index is 13.2. The number of hydrazone groups is 1. The molecule has 0 spiro atoms. The Balaban J connectivity index is 1.81. The number of hydrogen-bond donors (Lipinski definition) is 1. The molecule has 0 saturated carbocycles. The summed E-state index contributed by atoms with van der Waals surface area (Å²) in [4.78, 5) is 12.5. The van der Waals surface area contributed by atoms with E-state index >= 15 is 0 Å². The Bertz CT molecular complexity index is 1200. The number of carbonyl (C=O) groups excluding carboxylic acids is 1. The predicted molar refractivity (Wildman–Crippen MR) is 125 cm³/mol. The molecule has 0 bridgehead atoms. The highest BCUT2D eigenvalue weighted by molar-refractivity contribution is 7.92. The van der Waals surface area contributed by atoms with Crippen molar-refractivity contribution in [2.24, 2.45) is 5.10 Å². The second kappa shape index (κ2) is 10.2. The summed E-state index contributed by atoms with van der Waals surface area (Å²) in [6.45, 7) is -0.489. The zero-order valence-corrected chi connectivity index (χ0v) is 19.0. The largest absolute Gasteiger partial charge is 0.271 e. The maximum atomic E-state index is 13.2. The lowest BCUT2D eigenvalue weighted by molar-refractivity contribution is -0.119. The Labute approximate surface area is 195 Å². The monoisotopic (exact) mass is 495 g/mol. The quantitative estimate of drug-likeness (QED) is 0.370. The van der Waals surface area contributed by atoms with Gasteiger partial charge in [0.15, 0.2) is 0 Å². The Morgan fingerprint density at radius 2 is 1.61 bits per heavy atom. The number of nitrogens with zero attached hydrogens (tertiary/aromatic N) is 2. The Hall–Kier alpha value is -2.58. The average Bonchev–Trinajstić information content (AvgIpc) is 2.76. The molecule has 1 N–H and O–H groups in total. The standard InChI is InChI=1S/C21H16Cl3N3O3S/c22-16-7-9-17(10-8-16)27(31(29,30)18-4-2-1-3-5-18)14-21(28)26-25-13-15-6-11-19(23)20(24)12-15/h1-13H,14H2,(H,26,28)/b25-13-. The molecule has 0 fully saturated rings. The summed E-state index contributed by atoms with van der Waals surface area (Å²) in [6, 6.07) is 18.8. The van der Waals surface area contributed by atoms with Gasteiger partial charge in [-0.1, -0.05) is 59.1 Å². The smallest absolute Gasteiger partial charge is 0.264 e. The van der Waals surface area contributed by atoms with Gasteiger partial charge in [0, 0.05) is 5.02 Å². The fourth-order valence-corrected chi connectivity index (χ4v) is 4.45. The molecule has 10 heteroatoms. The van der Waals surface area contributed by atoms with E-state index in [1.165, 1.54) is 30.5 Å². The third-order valence-corrected chi connectivity index (χ3v) is 6.86. The number of nitrogens with one attached hydrogen (secondary N) is 1. The normalized spacial score (nSPS) is 11.5. The van der Waals surface area contributed by atoms with E-state index in [1.54, 1.807) is 48.5 Å². The van der Waals surface area contributed by atoms with E-state index in [1.807, 2.05) is 0 Å². The van der Waals surface area contributed by atoms with Crippen LogP contribution < -0.4 is 9.73 Å². The molecule has 3 aromatic carbocycles. The van der Waals surface area contributed by atoms with Crippen LogP contribution in [0.4, 0.5) is 5.69 Å². The molecule has 0 aliphatic heterocycles. The lowest BCUT2D eigenvalue weighted by Crippen LogP contribution is -2.39. The van der Waals surface area contributed by atoms with Crippen LogP contribution >= 0.6 is 34.8 Å². The predicted octanol–water partition coefficient (Wildman–Crippen LogP) is 4.99. The Morgan fingerprint density at radius 3 is 2.26 bits per heavy atom. The van der Waals surface area contributed by atoms with Crippen molar-refractivity contribution >= 4 is 62.6 Å². The molecule has 1 amide bonds. The number of benzene rings is 3. The first-order chi connectivity index (χ1) is 14.8.